The van der Waals surface area contributed by atoms with Crippen LogP contribution in [0.1, 0.15) is 17.5 Å². The monoisotopic (exact) mass is 494 g/mol. The van der Waals surface area contributed by atoms with Crippen LogP contribution < -0.4 is 25.9 Å². The minimum atomic E-state index is -0.277. The third kappa shape index (κ3) is 5.81. The molecule has 0 saturated carbocycles. The average molecular weight is 495 g/mol. The molecule has 10 heteroatoms. The predicted octanol–water partition coefficient (Wildman–Crippen LogP) is 2.33. The second-order valence-electron chi connectivity index (χ2n) is 9.08. The van der Waals surface area contributed by atoms with Gasteiger partial charge in [0.1, 0.15) is 5.82 Å². The van der Waals surface area contributed by atoms with Gasteiger partial charge in [0.25, 0.3) is 0 Å². The van der Waals surface area contributed by atoms with E-state index in [2.05, 4.69) is 50.3 Å². The third-order valence-corrected chi connectivity index (χ3v) is 6.78. The van der Waals surface area contributed by atoms with Crippen molar-refractivity contribution >= 4 is 40.6 Å². The Balaban J connectivity index is 1.55. The molecule has 2 aromatic carbocycles. The van der Waals surface area contributed by atoms with Crippen LogP contribution in [-0.2, 0) is 0 Å². The van der Waals surface area contributed by atoms with Crippen molar-refractivity contribution in [3.63, 3.8) is 0 Å². The van der Waals surface area contributed by atoms with Crippen molar-refractivity contribution in [3.05, 3.63) is 53.3 Å². The Bertz CT molecular complexity index is 1120. The summed E-state index contributed by atoms with van der Waals surface area (Å²) in [6.07, 6.45) is 2.62. The van der Waals surface area contributed by atoms with E-state index in [-0.39, 0.29) is 10.9 Å². The van der Waals surface area contributed by atoms with E-state index in [0.717, 1.165) is 44.0 Å². The van der Waals surface area contributed by atoms with Crippen LogP contribution in [0, 0.1) is 17.1 Å². The summed E-state index contributed by atoms with van der Waals surface area (Å²) < 4.78 is 15.4. The van der Waals surface area contributed by atoms with Crippen LogP contribution in [-0.4, -0.2) is 75.6 Å². The number of halogens is 1. The number of piperazine rings is 1. The zero-order valence-corrected chi connectivity index (χ0v) is 20.9. The highest BCUT2D eigenvalue weighted by atomic mass is 32.1. The van der Waals surface area contributed by atoms with Gasteiger partial charge in [-0.1, -0.05) is 0 Å². The van der Waals surface area contributed by atoms with Crippen LogP contribution in [0.2, 0.25) is 0 Å². The zero-order chi connectivity index (χ0) is 24.9. The molecule has 3 N–H and O–H groups in total. The zero-order valence-electron chi connectivity index (χ0n) is 20.1. The van der Waals surface area contributed by atoms with Gasteiger partial charge in [-0.3, -0.25) is 5.43 Å². The van der Waals surface area contributed by atoms with Crippen LogP contribution in [0.25, 0.3) is 0 Å². The molecule has 2 heterocycles. The Morgan fingerprint density at radius 1 is 1.11 bits per heavy atom. The van der Waals surface area contributed by atoms with E-state index in [1.807, 2.05) is 30.3 Å². The quantitative estimate of drug-likeness (QED) is 0.360. The van der Waals surface area contributed by atoms with Gasteiger partial charge in [-0.15, -0.1) is 0 Å². The summed E-state index contributed by atoms with van der Waals surface area (Å²) in [5.74, 6) is -0.277. The van der Waals surface area contributed by atoms with E-state index in [1.165, 1.54) is 0 Å². The fourth-order valence-corrected chi connectivity index (χ4v) is 4.74. The molecular formula is C25H31FN8S. The minimum Gasteiger partial charge on any atom is -0.375 e. The SMILES string of the molecule is CN(C)[C@@H]1CCN(c2cc(N3CCN(c4ccc(C#N)cc4)CC3)c(F)cc2/C=N/NC(N)=S)C1. The Labute approximate surface area is 211 Å². The topological polar surface area (TPSA) is 87.2 Å². The number of likely N-dealkylation sites (N-methyl/N-ethyl adjacent to an activating group) is 1. The van der Waals surface area contributed by atoms with Crippen molar-refractivity contribution in [2.75, 3.05) is 68.1 Å². The molecule has 0 aliphatic carbocycles. The number of benzene rings is 2. The smallest absolute Gasteiger partial charge is 0.184 e. The highest BCUT2D eigenvalue weighted by Gasteiger charge is 2.28. The lowest BCUT2D eigenvalue weighted by Crippen LogP contribution is -2.47. The molecule has 2 aromatic rings. The van der Waals surface area contributed by atoms with E-state index < -0.39 is 0 Å². The van der Waals surface area contributed by atoms with Gasteiger partial charge in [-0.25, -0.2) is 4.39 Å². The molecular weight excluding hydrogens is 463 g/mol. The minimum absolute atomic E-state index is 0.0638. The molecule has 0 unspecified atom stereocenters. The maximum absolute atomic E-state index is 15.4. The van der Waals surface area contributed by atoms with Gasteiger partial charge in [0.15, 0.2) is 5.11 Å². The maximum Gasteiger partial charge on any atom is 0.184 e. The molecule has 2 fully saturated rings. The Morgan fingerprint density at radius 2 is 1.80 bits per heavy atom. The van der Waals surface area contributed by atoms with Gasteiger partial charge in [0, 0.05) is 62.2 Å². The number of anilines is 3. The molecule has 1 atom stereocenters. The number of thiocarbonyl (C=S) groups is 1. The van der Waals surface area contributed by atoms with Crippen LogP contribution in [0.5, 0.6) is 0 Å². The Kier molecular flexibility index (Phi) is 7.68. The molecule has 0 amide bonds. The largest absolute Gasteiger partial charge is 0.375 e. The maximum atomic E-state index is 15.4. The molecule has 4 rings (SSSR count). The number of nitrogens with two attached hydrogens (primary N) is 1. The summed E-state index contributed by atoms with van der Waals surface area (Å²) in [4.78, 5) is 8.89. The molecule has 184 valence electrons. The van der Waals surface area contributed by atoms with E-state index in [4.69, 9.17) is 23.2 Å². The van der Waals surface area contributed by atoms with Crippen molar-refractivity contribution in [2.45, 2.75) is 12.5 Å². The molecule has 0 spiro atoms. The Hall–Kier alpha value is -3.42. The summed E-state index contributed by atoms with van der Waals surface area (Å²) in [6, 6.07) is 13.7. The van der Waals surface area contributed by atoms with Crippen molar-refractivity contribution in [1.82, 2.24) is 10.3 Å². The van der Waals surface area contributed by atoms with Gasteiger partial charge < -0.3 is 25.3 Å². The van der Waals surface area contributed by atoms with E-state index in [9.17, 15) is 0 Å². The lowest BCUT2D eigenvalue weighted by atomic mass is 10.1. The number of nitrogens with zero attached hydrogens (tertiary/aromatic N) is 6. The lowest BCUT2D eigenvalue weighted by molar-refractivity contribution is 0.315. The van der Waals surface area contributed by atoms with Gasteiger partial charge >= 0.3 is 0 Å². The number of nitriles is 1. The highest BCUT2D eigenvalue weighted by molar-refractivity contribution is 7.80. The molecule has 2 saturated heterocycles. The Morgan fingerprint density at radius 3 is 2.40 bits per heavy atom. The van der Waals surface area contributed by atoms with Crippen LogP contribution in [0.4, 0.5) is 21.5 Å². The van der Waals surface area contributed by atoms with Crippen LogP contribution >= 0.6 is 12.2 Å². The summed E-state index contributed by atoms with van der Waals surface area (Å²) in [5, 5.41) is 13.2. The number of hydrazone groups is 1. The highest BCUT2D eigenvalue weighted by Crippen LogP contribution is 2.33. The normalized spacial score (nSPS) is 18.4. The number of nitrogens with one attached hydrogen (secondary N) is 1. The molecule has 0 aromatic heterocycles. The molecule has 0 bridgehead atoms. The molecule has 2 aliphatic rings. The van der Waals surface area contributed by atoms with E-state index >= 15 is 4.39 Å². The molecule has 2 aliphatic heterocycles. The van der Waals surface area contributed by atoms with Crippen molar-refractivity contribution in [2.24, 2.45) is 10.8 Å². The van der Waals surface area contributed by atoms with E-state index in [1.54, 1.807) is 12.3 Å². The number of rotatable bonds is 6. The van der Waals surface area contributed by atoms with Crippen LogP contribution in [0.3, 0.4) is 0 Å². The first kappa shape index (κ1) is 24.7. The first-order valence-corrected chi connectivity index (χ1v) is 12.1. The fourth-order valence-electron chi connectivity index (χ4n) is 4.69. The van der Waals surface area contributed by atoms with Gasteiger partial charge in [-0.05, 0) is 69.1 Å². The molecule has 0 radical (unpaired) electrons. The lowest BCUT2D eigenvalue weighted by Gasteiger charge is -2.38. The first-order chi connectivity index (χ1) is 16.9. The van der Waals surface area contributed by atoms with Gasteiger partial charge in [-0.2, -0.15) is 10.4 Å². The molecule has 8 nitrogen and oxygen atoms in total. The number of hydrogen-bond donors (Lipinski definition) is 2. The van der Waals surface area contributed by atoms with Crippen molar-refractivity contribution in [3.8, 4) is 6.07 Å². The first-order valence-electron chi connectivity index (χ1n) is 11.7. The van der Waals surface area contributed by atoms with E-state index in [0.29, 0.717) is 35.9 Å². The third-order valence-electron chi connectivity index (χ3n) is 6.69. The summed E-state index contributed by atoms with van der Waals surface area (Å²) >= 11 is 4.82. The summed E-state index contributed by atoms with van der Waals surface area (Å²) in [5.41, 5.74) is 12.0. The van der Waals surface area contributed by atoms with Crippen molar-refractivity contribution in [1.29, 1.82) is 5.26 Å². The summed E-state index contributed by atoms with van der Waals surface area (Å²) in [6.45, 7) is 4.71. The van der Waals surface area contributed by atoms with Crippen LogP contribution in [0.15, 0.2) is 41.5 Å². The second-order valence-corrected chi connectivity index (χ2v) is 9.52. The molecule has 35 heavy (non-hydrogen) atoms. The number of hydrogen-bond acceptors (Lipinski definition) is 7. The second kappa shape index (κ2) is 10.9. The van der Waals surface area contributed by atoms with Crippen molar-refractivity contribution < 1.29 is 4.39 Å². The summed E-state index contributed by atoms with van der Waals surface area (Å²) in [7, 11) is 4.18. The van der Waals surface area contributed by atoms with Gasteiger partial charge in [0.2, 0.25) is 0 Å². The fraction of sp³-hybridized carbons (Fsp3) is 0.400. The average Bonchev–Trinajstić information content (AvgIpc) is 3.35. The van der Waals surface area contributed by atoms with Gasteiger partial charge in [0.05, 0.1) is 23.5 Å². The standard InChI is InChI=1S/C25H31FN8S/c1-31(2)21-7-8-34(17-21)23-14-24(22(26)13-19(23)16-29-30-25(28)35)33-11-9-32(10-12-33)20-5-3-18(15-27)4-6-20/h3-6,13-14,16,21H,7-12,17H2,1-2H3,(H3,28,30,35)/b29-16+/t21-/m1/s1. The predicted molar refractivity (Wildman–Crippen MR) is 144 cm³/mol.